The average Bonchev–Trinajstić information content (AvgIpc) is 2.88. The maximum atomic E-state index is 10.7. The molecular weight excluding hydrogens is 270 g/mol. The summed E-state index contributed by atoms with van der Waals surface area (Å²) in [4.78, 5) is 14.5. The van der Waals surface area contributed by atoms with Gasteiger partial charge in [-0.15, -0.1) is 0 Å². The lowest BCUT2D eigenvalue weighted by Gasteiger charge is -2.04. The molecule has 3 aromatic rings. The molecule has 1 aromatic heterocycles. The Labute approximate surface area is 120 Å². The Bertz CT molecular complexity index is 811. The molecule has 6 heteroatoms. The van der Waals surface area contributed by atoms with Gasteiger partial charge in [0.15, 0.2) is 5.58 Å². The average molecular weight is 283 g/mol. The van der Waals surface area contributed by atoms with Gasteiger partial charge in [-0.1, -0.05) is 24.3 Å². The first-order valence-electron chi connectivity index (χ1n) is 6.47. The van der Waals surface area contributed by atoms with Crippen molar-refractivity contribution < 1.29 is 9.34 Å². The van der Waals surface area contributed by atoms with Crippen LogP contribution in [-0.4, -0.2) is 9.91 Å². The zero-order valence-corrected chi connectivity index (χ0v) is 11.4. The molecule has 0 aliphatic rings. The minimum Gasteiger partial charge on any atom is -0.423 e. The summed E-state index contributed by atoms with van der Waals surface area (Å²) in [5.74, 6) is 0. The van der Waals surface area contributed by atoms with E-state index < -0.39 is 4.92 Å². The second-order valence-corrected chi connectivity index (χ2v) is 4.71. The molecule has 3 rings (SSSR count). The first-order chi connectivity index (χ1) is 10.1. The fourth-order valence-electron chi connectivity index (χ4n) is 2.08. The fraction of sp³-hybridized carbons (Fsp3) is 0.133. The van der Waals surface area contributed by atoms with E-state index in [1.165, 1.54) is 17.7 Å². The Kier molecular flexibility index (Phi) is 3.27. The van der Waals surface area contributed by atoms with Crippen LogP contribution in [0.1, 0.15) is 11.1 Å². The van der Waals surface area contributed by atoms with Gasteiger partial charge in [0.25, 0.3) is 11.7 Å². The summed E-state index contributed by atoms with van der Waals surface area (Å²) in [6, 6.07) is 12.7. The Balaban J connectivity index is 1.82. The van der Waals surface area contributed by atoms with Crippen LogP contribution in [0.5, 0.6) is 0 Å². The SMILES string of the molecule is Cc1ccccc1CNc1nc2ccc([N+](=O)[O-])cc2o1. The van der Waals surface area contributed by atoms with Gasteiger partial charge < -0.3 is 9.73 Å². The topological polar surface area (TPSA) is 81.2 Å². The first kappa shape index (κ1) is 13.1. The number of hydrogen-bond acceptors (Lipinski definition) is 5. The van der Waals surface area contributed by atoms with Crippen LogP contribution in [0.3, 0.4) is 0 Å². The van der Waals surface area contributed by atoms with Crippen molar-refractivity contribution >= 4 is 22.8 Å². The summed E-state index contributed by atoms with van der Waals surface area (Å²) in [5, 5.41) is 13.8. The number of aromatic nitrogens is 1. The third-order valence-electron chi connectivity index (χ3n) is 3.27. The van der Waals surface area contributed by atoms with Crippen LogP contribution in [0.25, 0.3) is 11.1 Å². The molecule has 106 valence electrons. The van der Waals surface area contributed by atoms with Crippen molar-refractivity contribution in [1.82, 2.24) is 4.98 Å². The number of aryl methyl sites for hydroxylation is 1. The van der Waals surface area contributed by atoms with E-state index in [0.717, 1.165) is 5.56 Å². The van der Waals surface area contributed by atoms with Gasteiger partial charge in [0.1, 0.15) is 5.52 Å². The predicted molar refractivity (Wildman–Crippen MR) is 79.2 cm³/mol. The van der Waals surface area contributed by atoms with Crippen molar-refractivity contribution in [2.75, 3.05) is 5.32 Å². The van der Waals surface area contributed by atoms with Gasteiger partial charge in [0.2, 0.25) is 0 Å². The molecule has 0 fully saturated rings. The highest BCUT2D eigenvalue weighted by molar-refractivity contribution is 5.77. The molecule has 0 amide bonds. The number of anilines is 1. The van der Waals surface area contributed by atoms with Crippen molar-refractivity contribution in [2.24, 2.45) is 0 Å². The van der Waals surface area contributed by atoms with Crippen LogP contribution in [0.4, 0.5) is 11.7 Å². The molecule has 21 heavy (non-hydrogen) atoms. The van der Waals surface area contributed by atoms with Crippen molar-refractivity contribution in [1.29, 1.82) is 0 Å². The highest BCUT2D eigenvalue weighted by Crippen LogP contribution is 2.24. The number of nitro benzene ring substituents is 1. The molecule has 2 aromatic carbocycles. The normalized spacial score (nSPS) is 10.7. The molecule has 6 nitrogen and oxygen atoms in total. The number of non-ortho nitro benzene ring substituents is 1. The standard InChI is InChI=1S/C15H13N3O3/c1-10-4-2-3-5-11(10)9-16-15-17-13-7-6-12(18(19)20)8-14(13)21-15/h2-8H,9H2,1H3,(H,16,17). The van der Waals surface area contributed by atoms with E-state index in [4.69, 9.17) is 4.42 Å². The molecular formula is C15H13N3O3. The first-order valence-corrected chi connectivity index (χ1v) is 6.47. The summed E-state index contributed by atoms with van der Waals surface area (Å²) in [6.45, 7) is 2.62. The molecule has 1 N–H and O–H groups in total. The zero-order valence-electron chi connectivity index (χ0n) is 11.4. The molecule has 0 atom stereocenters. The molecule has 0 spiro atoms. The summed E-state index contributed by atoms with van der Waals surface area (Å²) >= 11 is 0. The van der Waals surface area contributed by atoms with E-state index in [2.05, 4.69) is 10.3 Å². The van der Waals surface area contributed by atoms with Crippen LogP contribution in [0.2, 0.25) is 0 Å². The number of nitrogens with one attached hydrogen (secondary N) is 1. The fourth-order valence-corrected chi connectivity index (χ4v) is 2.08. The van der Waals surface area contributed by atoms with Crippen molar-refractivity contribution in [2.45, 2.75) is 13.5 Å². The van der Waals surface area contributed by atoms with E-state index in [9.17, 15) is 10.1 Å². The van der Waals surface area contributed by atoms with E-state index in [1.54, 1.807) is 6.07 Å². The maximum Gasteiger partial charge on any atom is 0.295 e. The minimum atomic E-state index is -0.456. The van der Waals surface area contributed by atoms with Gasteiger partial charge in [-0.3, -0.25) is 10.1 Å². The van der Waals surface area contributed by atoms with Gasteiger partial charge in [0.05, 0.1) is 11.0 Å². The smallest absolute Gasteiger partial charge is 0.295 e. The Morgan fingerprint density at radius 2 is 2.10 bits per heavy atom. The highest BCUT2D eigenvalue weighted by Gasteiger charge is 2.11. The van der Waals surface area contributed by atoms with Crippen LogP contribution < -0.4 is 5.32 Å². The van der Waals surface area contributed by atoms with Crippen LogP contribution in [0, 0.1) is 17.0 Å². The monoisotopic (exact) mass is 283 g/mol. The summed E-state index contributed by atoms with van der Waals surface area (Å²) in [5.41, 5.74) is 3.30. The van der Waals surface area contributed by atoms with Crippen LogP contribution >= 0.6 is 0 Å². The summed E-state index contributed by atoms with van der Waals surface area (Å²) in [6.07, 6.45) is 0. The quantitative estimate of drug-likeness (QED) is 0.583. The predicted octanol–water partition coefficient (Wildman–Crippen LogP) is 3.66. The molecule has 0 saturated carbocycles. The lowest BCUT2D eigenvalue weighted by molar-refractivity contribution is -0.384. The van der Waals surface area contributed by atoms with Gasteiger partial charge >= 0.3 is 0 Å². The van der Waals surface area contributed by atoms with Crippen LogP contribution in [-0.2, 0) is 6.54 Å². The number of oxazole rings is 1. The van der Waals surface area contributed by atoms with E-state index in [1.807, 2.05) is 31.2 Å². The second-order valence-electron chi connectivity index (χ2n) is 4.71. The lowest BCUT2D eigenvalue weighted by Crippen LogP contribution is -2.00. The number of hydrogen-bond donors (Lipinski definition) is 1. The molecule has 0 bridgehead atoms. The molecule has 0 saturated heterocycles. The van der Waals surface area contributed by atoms with Crippen molar-refractivity contribution in [3.8, 4) is 0 Å². The third kappa shape index (κ3) is 2.69. The van der Waals surface area contributed by atoms with E-state index >= 15 is 0 Å². The zero-order chi connectivity index (χ0) is 14.8. The molecule has 0 aliphatic heterocycles. The molecule has 0 aliphatic carbocycles. The van der Waals surface area contributed by atoms with Gasteiger partial charge in [-0.2, -0.15) is 4.98 Å². The highest BCUT2D eigenvalue weighted by atomic mass is 16.6. The second kappa shape index (κ2) is 5.24. The molecule has 0 radical (unpaired) electrons. The van der Waals surface area contributed by atoms with Gasteiger partial charge in [-0.25, -0.2) is 0 Å². The van der Waals surface area contributed by atoms with Crippen molar-refractivity contribution in [3.63, 3.8) is 0 Å². The maximum absolute atomic E-state index is 10.7. The largest absolute Gasteiger partial charge is 0.423 e. The molecule has 1 heterocycles. The number of rotatable bonds is 4. The van der Waals surface area contributed by atoms with E-state index in [-0.39, 0.29) is 5.69 Å². The number of fused-ring (bicyclic) bond motifs is 1. The summed E-state index contributed by atoms with van der Waals surface area (Å²) in [7, 11) is 0. The van der Waals surface area contributed by atoms with Gasteiger partial charge in [0, 0.05) is 12.6 Å². The summed E-state index contributed by atoms with van der Waals surface area (Å²) < 4.78 is 5.49. The van der Waals surface area contributed by atoms with Crippen LogP contribution in [0.15, 0.2) is 46.9 Å². The Hall–Kier alpha value is -2.89. The third-order valence-corrected chi connectivity index (χ3v) is 3.27. The molecule has 0 unspecified atom stereocenters. The number of nitro groups is 1. The Morgan fingerprint density at radius 3 is 2.86 bits per heavy atom. The number of nitrogens with zero attached hydrogens (tertiary/aromatic N) is 2. The van der Waals surface area contributed by atoms with Gasteiger partial charge in [-0.05, 0) is 24.1 Å². The lowest BCUT2D eigenvalue weighted by atomic mass is 10.1. The number of benzene rings is 2. The minimum absolute atomic E-state index is 0.0101. The Morgan fingerprint density at radius 1 is 1.29 bits per heavy atom. The van der Waals surface area contributed by atoms with Crippen molar-refractivity contribution in [3.05, 3.63) is 63.7 Å². The van der Waals surface area contributed by atoms with E-state index in [0.29, 0.717) is 23.7 Å².